The monoisotopic (exact) mass is 1180 g/mol. The van der Waals surface area contributed by atoms with Gasteiger partial charge in [0, 0.05) is 83.1 Å². The number of sulfone groups is 2. The Balaban J connectivity index is 0.000000244. The molecule has 0 aliphatic heterocycles. The molecule has 8 aromatic heterocycles. The van der Waals surface area contributed by atoms with Crippen molar-refractivity contribution in [2.75, 3.05) is 39.9 Å². The summed E-state index contributed by atoms with van der Waals surface area (Å²) >= 11 is 17.3. The minimum absolute atomic E-state index is 0.0330. The molecule has 0 aromatic carbocycles. The molecule has 8 heterocycles. The van der Waals surface area contributed by atoms with Crippen molar-refractivity contribution < 1.29 is 39.4 Å². The molecule has 0 aliphatic carbocycles. The first-order chi connectivity index (χ1) is 39.6. The number of aryl methyl sites for hydroxylation is 3. The Kier molecular flexibility index (Phi) is 20.6. The van der Waals surface area contributed by atoms with E-state index in [9.17, 15) is 31.2 Å². The van der Waals surface area contributed by atoms with Crippen LogP contribution in [-0.2, 0) is 19.7 Å². The molecule has 8 aromatic rings. The van der Waals surface area contributed by atoms with Crippen molar-refractivity contribution in [2.45, 2.75) is 70.5 Å². The number of nitrogens with one attached hydrogen (secondary N) is 3. The minimum Gasteiger partial charge on any atom is -0.383 e. The van der Waals surface area contributed by atoms with Gasteiger partial charge in [-0.05, 0) is 87.5 Å². The van der Waals surface area contributed by atoms with Crippen LogP contribution >= 0.6 is 34.8 Å². The lowest BCUT2D eigenvalue weighted by atomic mass is 10.1. The van der Waals surface area contributed by atoms with E-state index in [2.05, 4.69) is 71.5 Å². The number of nitrogens with zero attached hydrogens (tertiary/aromatic N) is 11. The van der Waals surface area contributed by atoms with Crippen molar-refractivity contribution >= 4 is 118 Å². The van der Waals surface area contributed by atoms with Gasteiger partial charge in [0.1, 0.15) is 44.0 Å². The van der Waals surface area contributed by atoms with Gasteiger partial charge < -0.3 is 27.4 Å². The van der Waals surface area contributed by atoms with Crippen molar-refractivity contribution in [3.63, 3.8) is 0 Å². The standard InChI is InChI=1S/C19H20N6O3S.C13H13ClN4O.C8H7Cl2NO.C6H8N2O2S.C5H7N3/c1-4-15(26)13-11-21-18(23-17-8-7-12(2)24-25-17)10-14(13)22-19-16(29(3,27)28)6-5-9-20-19;1-3-11(19)9-7-15-13(6-10(9)14)16-12-5-4-8(2)17-18-12;1-2-7(12)5-4-11-8(10)3-6(5)9;1-11(9,10)5-3-2-4-8-6(5)7;1-4-2-3-5(6)8-7-4/h5-11H,4H2,1-3H3,(H2,20,21,22,23,25);4-7H,3H2,1-2H3,(H,15,16,18);3-4H,2H2,1H3;2-4H,1H3,(H2,7,8);2-3H,1H3,(H2,6,8)/i;2*1D3;;. The Hall–Kier alpha value is -8.23. The molecule has 414 valence electrons. The van der Waals surface area contributed by atoms with Crippen molar-refractivity contribution in [3.8, 4) is 0 Å². The summed E-state index contributed by atoms with van der Waals surface area (Å²) in [6.07, 6.45) is 8.11. The number of nitrogens with two attached hydrogens (primary N) is 2. The molecule has 0 amide bonds. The second kappa shape index (κ2) is 30.1. The summed E-state index contributed by atoms with van der Waals surface area (Å²) in [6, 6.07) is 20.9. The van der Waals surface area contributed by atoms with Crippen LogP contribution in [0.2, 0.25) is 15.2 Å². The fraction of sp³-hybridized carbons (Fsp3) is 0.216. The lowest BCUT2D eigenvalue weighted by Gasteiger charge is -2.14. The number of pyridine rings is 5. The Bertz CT molecular complexity index is 3820. The van der Waals surface area contributed by atoms with Gasteiger partial charge in [-0.3, -0.25) is 14.4 Å². The van der Waals surface area contributed by atoms with Crippen molar-refractivity contribution in [2.24, 2.45) is 0 Å². The third-order valence-corrected chi connectivity index (χ3v) is 12.8. The average molecular weight is 1180 g/mol. The van der Waals surface area contributed by atoms with Gasteiger partial charge in [0.05, 0.1) is 49.5 Å². The van der Waals surface area contributed by atoms with Crippen LogP contribution in [0.25, 0.3) is 0 Å². The molecule has 0 radical (unpaired) electrons. The van der Waals surface area contributed by atoms with E-state index in [0.717, 1.165) is 29.6 Å². The first-order valence-electron chi connectivity index (χ1n) is 25.7. The van der Waals surface area contributed by atoms with Crippen LogP contribution in [-0.4, -0.2) is 102 Å². The van der Waals surface area contributed by atoms with E-state index in [4.69, 9.17) is 54.5 Å². The Morgan fingerprint density at radius 1 is 0.532 bits per heavy atom. The molecule has 28 heteroatoms. The molecule has 0 aliphatic rings. The van der Waals surface area contributed by atoms with Crippen LogP contribution in [0.5, 0.6) is 0 Å². The highest BCUT2D eigenvalue weighted by Gasteiger charge is 2.19. The number of hydrogen-bond acceptors (Lipinski definition) is 23. The molecule has 0 fully saturated rings. The molecular weight excluding hydrogens is 1120 g/mol. The smallest absolute Gasteiger partial charge is 0.179 e. The van der Waals surface area contributed by atoms with E-state index in [0.29, 0.717) is 40.3 Å². The van der Waals surface area contributed by atoms with Crippen LogP contribution in [0.4, 0.5) is 46.4 Å². The molecule has 0 spiro atoms. The summed E-state index contributed by atoms with van der Waals surface area (Å²) in [6.45, 7) is 2.61. The van der Waals surface area contributed by atoms with Gasteiger partial charge in [0.15, 0.2) is 48.7 Å². The van der Waals surface area contributed by atoms with Gasteiger partial charge in [-0.25, -0.2) is 41.8 Å². The highest BCUT2D eigenvalue weighted by Crippen LogP contribution is 2.29. The van der Waals surface area contributed by atoms with Crippen LogP contribution in [0.1, 0.15) is 96.3 Å². The second-order valence-corrected chi connectivity index (χ2v) is 21.2. The number of carbonyl (C=O) groups excluding carboxylic acids is 3. The molecule has 8 rings (SSSR count). The first-order valence-corrected chi connectivity index (χ1v) is 27.6. The second-order valence-electron chi connectivity index (χ2n) is 16.0. The predicted molar refractivity (Wildman–Crippen MR) is 305 cm³/mol. The number of nitrogen functional groups attached to an aromatic ring is 2. The fourth-order valence-corrected chi connectivity index (χ4v) is 8.05. The number of aromatic nitrogens is 11. The van der Waals surface area contributed by atoms with Crippen molar-refractivity contribution in [1.82, 2.24) is 55.5 Å². The van der Waals surface area contributed by atoms with Crippen molar-refractivity contribution in [1.29, 1.82) is 0 Å². The van der Waals surface area contributed by atoms with E-state index in [1.165, 1.54) is 67.4 Å². The SMILES string of the molecule is CCC(=O)c1cnc(Nc2ccc(C)nn2)cc1Nc1ncccc1S(C)(=O)=O.CS(=O)(=O)c1cccnc1N.Cc1ccc(N)nn1.[2H]C([2H])([2H])CC(=O)c1cnc(Cl)cc1Cl.[2H]C([2H])([2H])CC(=O)c1cnc(Nc2ccc(C)nn2)cc1Cl. The molecular formula is C51H55Cl3N16O7S2. The maximum Gasteiger partial charge on any atom is 0.179 e. The normalized spacial score (nSPS) is 12.0. The molecule has 23 nitrogen and oxygen atoms in total. The molecule has 79 heavy (non-hydrogen) atoms. The largest absolute Gasteiger partial charge is 0.383 e. The lowest BCUT2D eigenvalue weighted by Crippen LogP contribution is -2.09. The summed E-state index contributed by atoms with van der Waals surface area (Å²) in [7, 11) is -6.74. The third kappa shape index (κ3) is 20.6. The zero-order valence-electron chi connectivity index (χ0n) is 48.9. The Morgan fingerprint density at radius 2 is 1.00 bits per heavy atom. The third-order valence-electron chi connectivity index (χ3n) is 9.67. The van der Waals surface area contributed by atoms with Crippen LogP contribution < -0.4 is 27.4 Å². The van der Waals surface area contributed by atoms with Crippen molar-refractivity contribution in [3.05, 3.63) is 159 Å². The maximum atomic E-state index is 12.4. The van der Waals surface area contributed by atoms with Crippen LogP contribution in [0.15, 0.2) is 120 Å². The molecule has 0 unspecified atom stereocenters. The fourth-order valence-electron chi connectivity index (χ4n) is 5.78. The number of carbonyl (C=O) groups is 3. The van der Waals surface area contributed by atoms with Gasteiger partial charge in [-0.1, -0.05) is 55.4 Å². The first kappa shape index (κ1) is 54.1. The van der Waals surface area contributed by atoms with Gasteiger partial charge in [-0.2, -0.15) is 15.3 Å². The predicted octanol–water partition coefficient (Wildman–Crippen LogP) is 9.64. The average Bonchev–Trinajstić information content (AvgIpc) is 3.04. The number of halogens is 3. The molecule has 0 saturated heterocycles. The molecule has 0 saturated carbocycles. The molecule has 7 N–H and O–H groups in total. The summed E-state index contributed by atoms with van der Waals surface area (Å²) in [5.74, 6) is 1.14. The number of rotatable bonds is 14. The summed E-state index contributed by atoms with van der Waals surface area (Å²) in [5, 5.41) is 32.4. The zero-order valence-corrected chi connectivity index (χ0v) is 46.8. The molecule has 0 bridgehead atoms. The summed E-state index contributed by atoms with van der Waals surface area (Å²) in [5.41, 5.74) is 13.9. The number of Topliss-reactive ketones (excluding diaryl/α,β-unsaturated/α-hetero) is 3. The summed E-state index contributed by atoms with van der Waals surface area (Å²) in [4.78, 5) is 55.5. The van der Waals surface area contributed by atoms with E-state index < -0.39 is 57.8 Å². The highest BCUT2D eigenvalue weighted by atomic mass is 35.5. The Morgan fingerprint density at radius 3 is 1.43 bits per heavy atom. The van der Waals surface area contributed by atoms with Gasteiger partial charge >= 0.3 is 0 Å². The summed E-state index contributed by atoms with van der Waals surface area (Å²) < 4.78 is 88.2. The lowest BCUT2D eigenvalue weighted by molar-refractivity contribution is 0.0980. The van der Waals surface area contributed by atoms with Gasteiger partial charge in [0.2, 0.25) is 0 Å². The van der Waals surface area contributed by atoms with Gasteiger partial charge in [0.25, 0.3) is 0 Å². The van der Waals surface area contributed by atoms with E-state index in [-0.39, 0.29) is 60.0 Å². The van der Waals surface area contributed by atoms with E-state index >= 15 is 0 Å². The minimum atomic E-state index is -3.51. The van der Waals surface area contributed by atoms with E-state index in [1.807, 2.05) is 26.8 Å². The zero-order chi connectivity index (χ0) is 63.5. The Labute approximate surface area is 480 Å². The molecule has 0 atom stereocenters. The van der Waals surface area contributed by atoms with Crippen LogP contribution in [0.3, 0.4) is 0 Å². The number of hydrogen-bond donors (Lipinski definition) is 5. The maximum absolute atomic E-state index is 12.4. The number of anilines is 8. The highest BCUT2D eigenvalue weighted by molar-refractivity contribution is 7.91. The topological polar surface area (TPSA) is 349 Å². The quantitative estimate of drug-likeness (QED) is 0.0499. The number of ketones is 3. The van der Waals surface area contributed by atoms with Gasteiger partial charge in [-0.15, -0.1) is 15.3 Å². The van der Waals surface area contributed by atoms with Crippen LogP contribution in [0, 0.1) is 20.8 Å². The van der Waals surface area contributed by atoms with E-state index in [1.54, 1.807) is 43.3 Å².